The summed E-state index contributed by atoms with van der Waals surface area (Å²) in [6, 6.07) is 5.81. The molecule has 0 saturated heterocycles. The van der Waals surface area contributed by atoms with Gasteiger partial charge in [0.15, 0.2) is 5.71 Å². The van der Waals surface area contributed by atoms with Gasteiger partial charge in [-0.25, -0.2) is 13.6 Å². The minimum Gasteiger partial charge on any atom is -0.464 e. The zero-order chi connectivity index (χ0) is 24.1. The third kappa shape index (κ3) is 5.40. The molecule has 0 radical (unpaired) electrons. The third-order valence-corrected chi connectivity index (χ3v) is 4.39. The summed E-state index contributed by atoms with van der Waals surface area (Å²) in [5.41, 5.74) is -2.22. The Morgan fingerprint density at radius 1 is 1.03 bits per heavy atom. The quantitative estimate of drug-likeness (QED) is 0.260. The van der Waals surface area contributed by atoms with Crippen LogP contribution in [-0.4, -0.2) is 31.6 Å². The number of benzene rings is 2. The van der Waals surface area contributed by atoms with Crippen LogP contribution in [0, 0.1) is 18.6 Å². The molecule has 0 aliphatic carbocycles. The van der Waals surface area contributed by atoms with Crippen LogP contribution in [-0.2, 0) is 32.0 Å². The predicted molar refractivity (Wildman–Crippen MR) is 105 cm³/mol. The van der Waals surface area contributed by atoms with Gasteiger partial charge in [-0.1, -0.05) is 28.5 Å². The summed E-state index contributed by atoms with van der Waals surface area (Å²) < 4.78 is 72.3. The van der Waals surface area contributed by atoms with Gasteiger partial charge in [-0.05, 0) is 31.5 Å². The van der Waals surface area contributed by atoms with E-state index in [4.69, 9.17) is 4.84 Å². The first kappa shape index (κ1) is 24.8. The Labute approximate surface area is 180 Å². The normalized spacial score (nSPS) is 12.5. The second-order valence-corrected chi connectivity index (χ2v) is 6.44. The number of aryl methyl sites for hydroxylation is 1. The largest absolute Gasteiger partial charge is 0.464 e. The van der Waals surface area contributed by atoms with Gasteiger partial charge in [-0.15, -0.1) is 0 Å². The zero-order valence-electron chi connectivity index (χ0n) is 17.5. The van der Waals surface area contributed by atoms with Crippen molar-refractivity contribution in [2.75, 3.05) is 14.2 Å². The molecule has 32 heavy (non-hydrogen) atoms. The van der Waals surface area contributed by atoms with Gasteiger partial charge in [-0.3, -0.25) is 0 Å². The molecule has 2 aromatic rings. The maximum Gasteiger partial charge on any atom is 0.419 e. The summed E-state index contributed by atoms with van der Waals surface area (Å²) in [7, 11) is 2.38. The Balaban J connectivity index is 2.43. The molecule has 2 rings (SSSR count). The molecule has 0 amide bonds. The molecule has 0 aromatic heterocycles. The zero-order valence-corrected chi connectivity index (χ0v) is 17.5. The van der Waals surface area contributed by atoms with E-state index in [-0.39, 0.29) is 17.9 Å². The fourth-order valence-corrected chi connectivity index (χ4v) is 2.92. The number of hydrogen-bond donors (Lipinski definition) is 0. The van der Waals surface area contributed by atoms with Gasteiger partial charge in [0.1, 0.15) is 30.9 Å². The molecule has 0 fully saturated rings. The van der Waals surface area contributed by atoms with Gasteiger partial charge in [0, 0.05) is 11.1 Å². The molecule has 0 saturated carbocycles. The number of ether oxygens (including phenoxy) is 1. The van der Waals surface area contributed by atoms with E-state index in [1.165, 1.54) is 13.2 Å². The lowest BCUT2D eigenvalue weighted by Gasteiger charge is -2.15. The van der Waals surface area contributed by atoms with Crippen LogP contribution in [0.25, 0.3) is 0 Å². The van der Waals surface area contributed by atoms with Crippen LogP contribution in [0.4, 0.5) is 22.0 Å². The molecule has 172 valence electrons. The molecule has 0 aliphatic rings. The first-order valence-corrected chi connectivity index (χ1v) is 9.03. The van der Waals surface area contributed by atoms with Gasteiger partial charge < -0.3 is 14.4 Å². The van der Waals surface area contributed by atoms with Crippen LogP contribution >= 0.6 is 0 Å². The van der Waals surface area contributed by atoms with Crippen molar-refractivity contribution in [1.29, 1.82) is 0 Å². The number of esters is 1. The van der Waals surface area contributed by atoms with Crippen molar-refractivity contribution < 1.29 is 41.2 Å². The van der Waals surface area contributed by atoms with Crippen LogP contribution in [0.1, 0.15) is 34.7 Å². The Hall–Kier alpha value is -3.50. The molecule has 2 aromatic carbocycles. The molecular formula is C21H19F5N2O4. The molecule has 0 bridgehead atoms. The lowest BCUT2D eigenvalue weighted by Crippen LogP contribution is -2.20. The molecular weight excluding hydrogens is 439 g/mol. The summed E-state index contributed by atoms with van der Waals surface area (Å²) >= 11 is 0. The number of nitrogens with zero attached hydrogens (tertiary/aromatic N) is 2. The third-order valence-electron chi connectivity index (χ3n) is 4.39. The Kier molecular flexibility index (Phi) is 7.90. The molecule has 0 aliphatic heterocycles. The Morgan fingerprint density at radius 3 is 2.28 bits per heavy atom. The fourth-order valence-electron chi connectivity index (χ4n) is 2.92. The number of hydrogen-bond acceptors (Lipinski definition) is 6. The van der Waals surface area contributed by atoms with Gasteiger partial charge >= 0.3 is 12.1 Å². The van der Waals surface area contributed by atoms with Gasteiger partial charge in [-0.2, -0.15) is 13.2 Å². The van der Waals surface area contributed by atoms with Crippen LogP contribution in [0.2, 0.25) is 0 Å². The second-order valence-electron chi connectivity index (χ2n) is 6.44. The lowest BCUT2D eigenvalue weighted by molar-refractivity contribution is -0.140. The lowest BCUT2D eigenvalue weighted by atomic mass is 9.99. The van der Waals surface area contributed by atoms with Crippen molar-refractivity contribution in [3.05, 3.63) is 69.8 Å². The van der Waals surface area contributed by atoms with Gasteiger partial charge in [0.25, 0.3) is 0 Å². The van der Waals surface area contributed by atoms with E-state index in [0.29, 0.717) is 23.3 Å². The van der Waals surface area contributed by atoms with Crippen LogP contribution in [0.3, 0.4) is 0 Å². The number of methoxy groups -OCH3 is 1. The van der Waals surface area contributed by atoms with Crippen molar-refractivity contribution in [1.82, 2.24) is 0 Å². The van der Waals surface area contributed by atoms with Crippen LogP contribution in [0.15, 0.2) is 40.6 Å². The standard InChI is InChI=1S/C21H19F5N2O4/c1-11-6-5-7-13(19(28-31-4)20(29)30-3)14(11)10-32-27-12(2)17-15(22)8-9-16(23)18(17)21(24,25)26/h5-9H,10H2,1-4H3/b27-12+,28-19+. The van der Waals surface area contributed by atoms with Gasteiger partial charge in [0.05, 0.1) is 18.4 Å². The topological polar surface area (TPSA) is 69.5 Å². The predicted octanol–water partition coefficient (Wildman–Crippen LogP) is 4.76. The Morgan fingerprint density at radius 2 is 1.69 bits per heavy atom. The van der Waals surface area contributed by atoms with E-state index in [1.54, 1.807) is 19.1 Å². The number of oxime groups is 2. The maximum absolute atomic E-state index is 14.1. The summed E-state index contributed by atoms with van der Waals surface area (Å²) in [6.45, 7) is 2.42. The SMILES string of the molecule is CO/N=C(/C(=O)OC)c1cccc(C)c1CO/N=C(\C)c1c(F)ccc(F)c1C(F)(F)F. The number of carbonyl (C=O) groups excluding carboxylic acids is 1. The smallest absolute Gasteiger partial charge is 0.419 e. The molecule has 6 nitrogen and oxygen atoms in total. The number of alkyl halides is 3. The van der Waals surface area contributed by atoms with E-state index in [2.05, 4.69) is 19.9 Å². The van der Waals surface area contributed by atoms with Crippen LogP contribution in [0.5, 0.6) is 0 Å². The monoisotopic (exact) mass is 458 g/mol. The molecule has 0 spiro atoms. The van der Waals surface area contributed by atoms with Crippen molar-refractivity contribution in [2.24, 2.45) is 10.3 Å². The Bertz CT molecular complexity index is 1060. The number of rotatable bonds is 7. The second kappa shape index (κ2) is 10.2. The summed E-state index contributed by atoms with van der Waals surface area (Å²) in [4.78, 5) is 21.9. The van der Waals surface area contributed by atoms with Crippen molar-refractivity contribution >= 4 is 17.4 Å². The summed E-state index contributed by atoms with van der Waals surface area (Å²) in [5, 5.41) is 7.19. The first-order valence-electron chi connectivity index (χ1n) is 9.03. The fraction of sp³-hybridized carbons (Fsp3) is 0.286. The van der Waals surface area contributed by atoms with Gasteiger partial charge in [0.2, 0.25) is 0 Å². The van der Waals surface area contributed by atoms with Crippen molar-refractivity contribution in [3.63, 3.8) is 0 Å². The highest BCUT2D eigenvalue weighted by Gasteiger charge is 2.39. The number of halogens is 5. The average molecular weight is 458 g/mol. The van der Waals surface area contributed by atoms with E-state index in [1.807, 2.05) is 0 Å². The van der Waals surface area contributed by atoms with Crippen molar-refractivity contribution in [2.45, 2.75) is 26.6 Å². The average Bonchev–Trinajstić information content (AvgIpc) is 2.73. The molecule has 0 atom stereocenters. The highest BCUT2D eigenvalue weighted by molar-refractivity contribution is 6.43. The molecule has 0 N–H and O–H groups in total. The maximum atomic E-state index is 14.1. The van der Waals surface area contributed by atoms with Crippen LogP contribution < -0.4 is 0 Å². The summed E-state index contributed by atoms with van der Waals surface area (Å²) in [6.07, 6.45) is -5.15. The minimum absolute atomic E-state index is 0.173. The number of carbonyl (C=O) groups is 1. The first-order chi connectivity index (χ1) is 15.0. The molecule has 11 heteroatoms. The molecule has 0 unspecified atom stereocenters. The highest BCUT2D eigenvalue weighted by atomic mass is 19.4. The minimum atomic E-state index is -5.15. The van der Waals surface area contributed by atoms with E-state index in [9.17, 15) is 26.7 Å². The van der Waals surface area contributed by atoms with Crippen molar-refractivity contribution in [3.8, 4) is 0 Å². The van der Waals surface area contributed by atoms with E-state index >= 15 is 0 Å². The highest BCUT2D eigenvalue weighted by Crippen LogP contribution is 2.35. The molecule has 0 heterocycles. The summed E-state index contributed by atoms with van der Waals surface area (Å²) in [5.74, 6) is -3.74. The van der Waals surface area contributed by atoms with E-state index in [0.717, 1.165) is 14.0 Å². The van der Waals surface area contributed by atoms with E-state index < -0.39 is 40.6 Å².